The summed E-state index contributed by atoms with van der Waals surface area (Å²) in [6, 6.07) is 15.3. The summed E-state index contributed by atoms with van der Waals surface area (Å²) >= 11 is 0. The molecule has 0 atom stereocenters. The molecule has 2 aromatic carbocycles. The van der Waals surface area contributed by atoms with Crippen LogP contribution in [0.5, 0.6) is 0 Å². The molecule has 2 rings (SSSR count). The van der Waals surface area contributed by atoms with Gasteiger partial charge in [0.2, 0.25) is 10.0 Å². The third-order valence-electron chi connectivity index (χ3n) is 3.14. The Labute approximate surface area is 129 Å². The van der Waals surface area contributed by atoms with E-state index in [9.17, 15) is 13.2 Å². The number of carboxylic acid groups (broad SMARTS) is 1. The van der Waals surface area contributed by atoms with E-state index < -0.39 is 16.0 Å². The lowest BCUT2D eigenvalue weighted by Gasteiger charge is -2.07. The van der Waals surface area contributed by atoms with Crippen molar-refractivity contribution in [2.75, 3.05) is 6.54 Å². The van der Waals surface area contributed by atoms with Gasteiger partial charge in [-0.2, -0.15) is 0 Å². The van der Waals surface area contributed by atoms with Crippen molar-refractivity contribution in [3.8, 4) is 0 Å². The topological polar surface area (TPSA) is 83.5 Å². The number of sulfonamides is 1. The fourth-order valence-corrected chi connectivity index (χ4v) is 3.06. The van der Waals surface area contributed by atoms with Crippen LogP contribution in [0.15, 0.2) is 59.5 Å². The highest BCUT2D eigenvalue weighted by molar-refractivity contribution is 7.89. The molecule has 2 aromatic rings. The molecule has 0 radical (unpaired) electrons. The van der Waals surface area contributed by atoms with E-state index in [1.807, 2.05) is 12.1 Å². The molecule has 0 unspecified atom stereocenters. The molecule has 2 N–H and O–H groups in total. The molecule has 22 heavy (non-hydrogen) atoms. The zero-order valence-electron chi connectivity index (χ0n) is 11.9. The standard InChI is InChI=1S/C16H17NO4S/c18-16(19)12-14-8-6-13(7-9-14)10-11-17-22(20,21)15-4-2-1-3-5-15/h1-9,17H,10-12H2,(H,18,19). The van der Waals surface area contributed by atoms with Gasteiger partial charge in [0.25, 0.3) is 0 Å². The molecule has 6 heteroatoms. The van der Waals surface area contributed by atoms with E-state index in [4.69, 9.17) is 5.11 Å². The van der Waals surface area contributed by atoms with Gasteiger partial charge in [0.05, 0.1) is 11.3 Å². The van der Waals surface area contributed by atoms with Crippen LogP contribution in [-0.2, 0) is 27.7 Å². The van der Waals surface area contributed by atoms with E-state index in [0.717, 1.165) is 11.1 Å². The first kappa shape index (κ1) is 16.2. The van der Waals surface area contributed by atoms with Gasteiger partial charge in [-0.25, -0.2) is 13.1 Å². The Balaban J connectivity index is 1.90. The summed E-state index contributed by atoms with van der Waals surface area (Å²) in [5.41, 5.74) is 1.67. The molecule has 116 valence electrons. The normalized spacial score (nSPS) is 11.3. The predicted molar refractivity (Wildman–Crippen MR) is 83.1 cm³/mol. The molecule has 0 spiro atoms. The lowest BCUT2D eigenvalue weighted by molar-refractivity contribution is -0.136. The molecule has 0 saturated heterocycles. The third-order valence-corrected chi connectivity index (χ3v) is 4.61. The molecule has 0 amide bonds. The molecule has 0 aliphatic rings. The molecular formula is C16H17NO4S. The summed E-state index contributed by atoms with van der Waals surface area (Å²) in [6.07, 6.45) is 0.528. The average Bonchev–Trinajstić information content (AvgIpc) is 2.49. The maximum absolute atomic E-state index is 12.0. The minimum atomic E-state index is -3.48. The van der Waals surface area contributed by atoms with E-state index in [0.29, 0.717) is 6.42 Å². The summed E-state index contributed by atoms with van der Waals surface area (Å²) in [6.45, 7) is 0.287. The average molecular weight is 319 g/mol. The summed E-state index contributed by atoms with van der Waals surface area (Å²) in [5.74, 6) is -0.872. The fourth-order valence-electron chi connectivity index (χ4n) is 2.01. The summed E-state index contributed by atoms with van der Waals surface area (Å²) in [4.78, 5) is 10.8. The molecule has 0 heterocycles. The Morgan fingerprint density at radius 2 is 1.55 bits per heavy atom. The lowest BCUT2D eigenvalue weighted by Crippen LogP contribution is -2.25. The second-order valence-corrected chi connectivity index (χ2v) is 6.61. The Bertz CT molecular complexity index is 725. The van der Waals surface area contributed by atoms with Crippen LogP contribution in [0.1, 0.15) is 11.1 Å². The van der Waals surface area contributed by atoms with Gasteiger partial charge in [-0.3, -0.25) is 4.79 Å². The van der Waals surface area contributed by atoms with Crippen molar-refractivity contribution in [3.05, 3.63) is 65.7 Å². The van der Waals surface area contributed by atoms with E-state index in [2.05, 4.69) is 4.72 Å². The van der Waals surface area contributed by atoms with E-state index in [-0.39, 0.29) is 17.9 Å². The van der Waals surface area contributed by atoms with E-state index >= 15 is 0 Å². The molecule has 0 aromatic heterocycles. The lowest BCUT2D eigenvalue weighted by atomic mass is 10.1. The Hall–Kier alpha value is -2.18. The molecule has 0 saturated carbocycles. The molecular weight excluding hydrogens is 302 g/mol. The van der Waals surface area contributed by atoms with Crippen molar-refractivity contribution in [3.63, 3.8) is 0 Å². The number of nitrogens with one attached hydrogen (secondary N) is 1. The smallest absolute Gasteiger partial charge is 0.307 e. The highest BCUT2D eigenvalue weighted by Gasteiger charge is 2.12. The van der Waals surface area contributed by atoms with Gasteiger partial charge < -0.3 is 5.11 Å². The molecule has 0 fully saturated rings. The quantitative estimate of drug-likeness (QED) is 0.815. The maximum Gasteiger partial charge on any atom is 0.307 e. The number of aliphatic carboxylic acids is 1. The first-order chi connectivity index (χ1) is 10.5. The van der Waals surface area contributed by atoms with Gasteiger partial charge in [0, 0.05) is 6.54 Å². The molecule has 5 nitrogen and oxygen atoms in total. The van der Waals surface area contributed by atoms with Crippen LogP contribution in [-0.4, -0.2) is 26.0 Å². The monoisotopic (exact) mass is 319 g/mol. The summed E-state index contributed by atoms with van der Waals surface area (Å²) < 4.78 is 26.6. The van der Waals surface area contributed by atoms with Crippen LogP contribution in [0.3, 0.4) is 0 Å². The number of hydrogen-bond donors (Lipinski definition) is 2. The largest absolute Gasteiger partial charge is 0.481 e. The third kappa shape index (κ3) is 4.68. The Kier molecular flexibility index (Phi) is 5.30. The minimum Gasteiger partial charge on any atom is -0.481 e. The molecule has 0 bridgehead atoms. The first-order valence-corrected chi connectivity index (χ1v) is 8.30. The van der Waals surface area contributed by atoms with Crippen molar-refractivity contribution in [1.29, 1.82) is 0 Å². The van der Waals surface area contributed by atoms with Gasteiger partial charge in [0.1, 0.15) is 0 Å². The van der Waals surface area contributed by atoms with Gasteiger partial charge >= 0.3 is 5.97 Å². The van der Waals surface area contributed by atoms with Gasteiger partial charge in [-0.05, 0) is 29.7 Å². The Morgan fingerprint density at radius 1 is 0.955 bits per heavy atom. The van der Waals surface area contributed by atoms with E-state index in [1.165, 1.54) is 0 Å². The van der Waals surface area contributed by atoms with E-state index in [1.54, 1.807) is 42.5 Å². The van der Waals surface area contributed by atoms with Crippen LogP contribution >= 0.6 is 0 Å². The molecule has 0 aliphatic carbocycles. The predicted octanol–water partition coefficient (Wildman–Crippen LogP) is 1.83. The summed E-state index contributed by atoms with van der Waals surface area (Å²) in [7, 11) is -3.48. The number of benzene rings is 2. The first-order valence-electron chi connectivity index (χ1n) is 6.82. The molecule has 0 aliphatic heterocycles. The van der Waals surface area contributed by atoms with Crippen molar-refractivity contribution in [2.45, 2.75) is 17.7 Å². The highest BCUT2D eigenvalue weighted by atomic mass is 32.2. The van der Waals surface area contributed by atoms with Gasteiger partial charge in [-0.1, -0.05) is 42.5 Å². The fraction of sp³-hybridized carbons (Fsp3) is 0.188. The van der Waals surface area contributed by atoms with Crippen LogP contribution in [0, 0.1) is 0 Å². The Morgan fingerprint density at radius 3 is 2.14 bits per heavy atom. The number of carbonyl (C=O) groups is 1. The second-order valence-electron chi connectivity index (χ2n) is 4.85. The maximum atomic E-state index is 12.0. The zero-order chi connectivity index (χ0) is 16.0. The van der Waals surface area contributed by atoms with Crippen LogP contribution in [0.2, 0.25) is 0 Å². The van der Waals surface area contributed by atoms with Crippen LogP contribution < -0.4 is 4.72 Å². The zero-order valence-corrected chi connectivity index (χ0v) is 12.7. The van der Waals surface area contributed by atoms with Crippen molar-refractivity contribution in [2.24, 2.45) is 0 Å². The van der Waals surface area contributed by atoms with Crippen molar-refractivity contribution < 1.29 is 18.3 Å². The van der Waals surface area contributed by atoms with Gasteiger partial charge in [-0.15, -0.1) is 0 Å². The number of hydrogen-bond acceptors (Lipinski definition) is 3. The SMILES string of the molecule is O=C(O)Cc1ccc(CCNS(=O)(=O)c2ccccc2)cc1. The summed E-state index contributed by atoms with van der Waals surface area (Å²) in [5, 5.41) is 8.70. The number of rotatable bonds is 7. The highest BCUT2D eigenvalue weighted by Crippen LogP contribution is 2.08. The second kappa shape index (κ2) is 7.20. The van der Waals surface area contributed by atoms with Crippen LogP contribution in [0.25, 0.3) is 0 Å². The van der Waals surface area contributed by atoms with Crippen LogP contribution in [0.4, 0.5) is 0 Å². The van der Waals surface area contributed by atoms with Gasteiger partial charge in [0.15, 0.2) is 0 Å². The minimum absolute atomic E-state index is 0.0130. The van der Waals surface area contributed by atoms with Crippen molar-refractivity contribution >= 4 is 16.0 Å². The number of carboxylic acids is 1. The van der Waals surface area contributed by atoms with Crippen molar-refractivity contribution in [1.82, 2.24) is 4.72 Å².